The van der Waals surface area contributed by atoms with Crippen LogP contribution in [0, 0.1) is 6.92 Å². The fraction of sp³-hybridized carbons (Fsp3) is 0.0588. The predicted octanol–water partition coefficient (Wildman–Crippen LogP) is 3.95. The first kappa shape index (κ1) is 15.9. The number of carboxylic acids is 1. The van der Waals surface area contributed by atoms with Crippen molar-refractivity contribution in [1.29, 1.82) is 0 Å². The van der Waals surface area contributed by atoms with E-state index in [1.807, 2.05) is 30.5 Å². The maximum absolute atomic E-state index is 11.2. The van der Waals surface area contributed by atoms with E-state index in [0.717, 1.165) is 10.9 Å². The lowest BCUT2D eigenvalue weighted by Gasteiger charge is -2.12. The lowest BCUT2D eigenvalue weighted by molar-refractivity contribution is -0.147. The van der Waals surface area contributed by atoms with E-state index in [2.05, 4.69) is 10.3 Å². The minimum atomic E-state index is -1.58. The van der Waals surface area contributed by atoms with E-state index < -0.39 is 11.9 Å². The zero-order chi connectivity index (χ0) is 17.3. The fourth-order valence-electron chi connectivity index (χ4n) is 2.27. The maximum Gasteiger partial charge on any atom is 0.394 e. The molecule has 6 nitrogen and oxygen atoms in total. The van der Waals surface area contributed by atoms with Gasteiger partial charge in [-0.15, -0.1) is 0 Å². The van der Waals surface area contributed by atoms with Crippen LogP contribution in [-0.4, -0.2) is 22.0 Å². The second kappa shape index (κ2) is 6.25. The molecule has 7 heteroatoms. The third-order valence-corrected chi connectivity index (χ3v) is 3.77. The normalized spacial score (nSPS) is 10.6. The highest BCUT2D eigenvalue weighted by Crippen LogP contribution is 2.34. The number of hydrogen-bond donors (Lipinski definition) is 3. The number of ether oxygens (including phenoxy) is 1. The summed E-state index contributed by atoms with van der Waals surface area (Å²) in [6.45, 7) is 1.77. The Morgan fingerprint density at radius 1 is 1.21 bits per heavy atom. The lowest BCUT2D eigenvalue weighted by atomic mass is 10.2. The van der Waals surface area contributed by atoms with Crippen molar-refractivity contribution in [1.82, 2.24) is 4.98 Å². The molecule has 1 heterocycles. The first-order valence-corrected chi connectivity index (χ1v) is 7.41. The van der Waals surface area contributed by atoms with Gasteiger partial charge in [0, 0.05) is 23.2 Å². The topological polar surface area (TPSA) is 91.4 Å². The number of aromatic nitrogens is 1. The molecule has 0 fully saturated rings. The van der Waals surface area contributed by atoms with Crippen LogP contribution in [0.15, 0.2) is 42.6 Å². The van der Waals surface area contributed by atoms with Gasteiger partial charge in [-0.05, 0) is 42.8 Å². The summed E-state index contributed by atoms with van der Waals surface area (Å²) in [4.78, 5) is 25.0. The van der Waals surface area contributed by atoms with E-state index in [0.29, 0.717) is 17.1 Å². The molecule has 0 unspecified atom stereocenters. The van der Waals surface area contributed by atoms with Gasteiger partial charge in [-0.25, -0.2) is 4.79 Å². The Morgan fingerprint density at radius 2 is 2.00 bits per heavy atom. The zero-order valence-electron chi connectivity index (χ0n) is 12.6. The largest absolute Gasteiger partial charge is 0.474 e. The second-order valence-electron chi connectivity index (χ2n) is 5.19. The average molecular weight is 345 g/mol. The molecule has 3 N–H and O–H groups in total. The van der Waals surface area contributed by atoms with Gasteiger partial charge in [-0.3, -0.25) is 4.79 Å². The summed E-state index contributed by atoms with van der Waals surface area (Å²) in [7, 11) is 0. The van der Waals surface area contributed by atoms with Crippen molar-refractivity contribution in [3.63, 3.8) is 0 Å². The number of rotatable bonds is 3. The Bertz CT molecular complexity index is 949. The highest BCUT2D eigenvalue weighted by Gasteiger charge is 2.15. The molecule has 0 aliphatic heterocycles. The summed E-state index contributed by atoms with van der Waals surface area (Å²) in [5, 5.41) is 12.1. The number of halogens is 1. The molecule has 0 saturated carbocycles. The van der Waals surface area contributed by atoms with Crippen LogP contribution in [-0.2, 0) is 9.59 Å². The predicted molar refractivity (Wildman–Crippen MR) is 90.8 cm³/mol. The van der Waals surface area contributed by atoms with Crippen LogP contribution in [0.1, 0.15) is 5.56 Å². The second-order valence-corrected chi connectivity index (χ2v) is 5.59. The molecule has 1 amide bonds. The van der Waals surface area contributed by atoms with Gasteiger partial charge in [0.15, 0.2) is 0 Å². The number of carbonyl (C=O) groups is 2. The molecule has 0 bridgehead atoms. The molecule has 0 spiro atoms. The van der Waals surface area contributed by atoms with E-state index in [9.17, 15) is 9.59 Å². The molecule has 24 heavy (non-hydrogen) atoms. The van der Waals surface area contributed by atoms with Crippen LogP contribution in [0.25, 0.3) is 10.9 Å². The Balaban J connectivity index is 1.87. The van der Waals surface area contributed by atoms with Crippen molar-refractivity contribution in [2.75, 3.05) is 5.32 Å². The van der Waals surface area contributed by atoms with Crippen molar-refractivity contribution in [2.45, 2.75) is 6.92 Å². The summed E-state index contributed by atoms with van der Waals surface area (Å²) in [5.41, 5.74) is 1.92. The molecule has 3 aromatic rings. The van der Waals surface area contributed by atoms with E-state index in [1.54, 1.807) is 13.0 Å². The summed E-state index contributed by atoms with van der Waals surface area (Å²) < 4.78 is 5.85. The van der Waals surface area contributed by atoms with Gasteiger partial charge in [0.25, 0.3) is 0 Å². The van der Waals surface area contributed by atoms with Gasteiger partial charge in [0.1, 0.15) is 11.5 Å². The number of anilines is 1. The Labute approximate surface area is 142 Å². The van der Waals surface area contributed by atoms with Crippen LogP contribution < -0.4 is 10.1 Å². The first-order chi connectivity index (χ1) is 11.4. The van der Waals surface area contributed by atoms with Crippen molar-refractivity contribution in [3.8, 4) is 11.5 Å². The monoisotopic (exact) mass is 344 g/mol. The van der Waals surface area contributed by atoms with Crippen LogP contribution in [0.5, 0.6) is 11.5 Å². The Kier molecular flexibility index (Phi) is 4.14. The number of fused-ring (bicyclic) bond motifs is 1. The summed E-state index contributed by atoms with van der Waals surface area (Å²) >= 11 is 6.10. The number of nitrogens with one attached hydrogen (secondary N) is 2. The molecule has 122 valence electrons. The van der Waals surface area contributed by atoms with Crippen LogP contribution >= 0.6 is 11.6 Å². The number of hydrogen-bond acceptors (Lipinski definition) is 3. The number of aromatic amines is 1. The third-order valence-electron chi connectivity index (χ3n) is 3.46. The number of carbonyl (C=O) groups excluding carboxylic acids is 1. The number of benzene rings is 2. The SMILES string of the molecule is Cc1cc(NC(=O)C(=O)O)c(Cl)cc1Oc1ccc2[nH]ccc2c1. The van der Waals surface area contributed by atoms with E-state index in [1.165, 1.54) is 6.07 Å². The summed E-state index contributed by atoms with van der Waals surface area (Å²) in [6.07, 6.45) is 1.84. The van der Waals surface area contributed by atoms with E-state index in [4.69, 9.17) is 21.4 Å². The highest BCUT2D eigenvalue weighted by molar-refractivity contribution is 6.39. The number of amides is 1. The number of aliphatic carboxylic acids is 1. The van der Waals surface area contributed by atoms with Gasteiger partial charge in [0.05, 0.1) is 10.7 Å². The number of H-pyrrole nitrogens is 1. The number of aryl methyl sites for hydroxylation is 1. The van der Waals surface area contributed by atoms with E-state index in [-0.39, 0.29) is 10.7 Å². The quantitative estimate of drug-likeness (QED) is 0.627. The molecular formula is C17H13ClN2O4. The van der Waals surface area contributed by atoms with Crippen LogP contribution in [0.3, 0.4) is 0 Å². The number of carboxylic acid groups (broad SMARTS) is 1. The zero-order valence-corrected chi connectivity index (χ0v) is 13.3. The molecule has 2 aromatic carbocycles. The maximum atomic E-state index is 11.2. The third kappa shape index (κ3) is 3.18. The van der Waals surface area contributed by atoms with Gasteiger partial charge in [-0.1, -0.05) is 11.6 Å². The van der Waals surface area contributed by atoms with E-state index >= 15 is 0 Å². The lowest BCUT2D eigenvalue weighted by Crippen LogP contribution is -2.22. The van der Waals surface area contributed by atoms with Crippen LogP contribution in [0.4, 0.5) is 5.69 Å². The van der Waals surface area contributed by atoms with Gasteiger partial charge in [-0.2, -0.15) is 0 Å². The Hall–Kier alpha value is -2.99. The molecule has 0 aliphatic rings. The van der Waals surface area contributed by atoms with Crippen LogP contribution in [0.2, 0.25) is 5.02 Å². The molecule has 0 aliphatic carbocycles. The molecule has 3 rings (SSSR count). The van der Waals surface area contributed by atoms with Crippen molar-refractivity contribution < 1.29 is 19.4 Å². The fourth-order valence-corrected chi connectivity index (χ4v) is 2.47. The summed E-state index contributed by atoms with van der Waals surface area (Å²) in [5.74, 6) is -1.57. The summed E-state index contributed by atoms with van der Waals surface area (Å²) in [6, 6.07) is 10.7. The van der Waals surface area contributed by atoms with Crippen molar-refractivity contribution in [3.05, 3.63) is 53.2 Å². The minimum absolute atomic E-state index is 0.188. The van der Waals surface area contributed by atoms with Crippen molar-refractivity contribution in [2.24, 2.45) is 0 Å². The Morgan fingerprint density at radius 3 is 2.75 bits per heavy atom. The van der Waals surface area contributed by atoms with Gasteiger partial charge in [0.2, 0.25) is 0 Å². The average Bonchev–Trinajstić information content (AvgIpc) is 2.99. The molecule has 0 radical (unpaired) electrons. The molecular weight excluding hydrogens is 332 g/mol. The molecule has 1 aromatic heterocycles. The highest BCUT2D eigenvalue weighted by atomic mass is 35.5. The smallest absolute Gasteiger partial charge is 0.394 e. The standard InChI is InChI=1S/C17H13ClN2O4/c1-9-6-14(20-16(21)17(22)23)12(18)8-15(9)24-11-2-3-13-10(7-11)4-5-19-13/h2-8,19H,1H3,(H,20,21)(H,22,23). The van der Waals surface area contributed by atoms with Gasteiger partial charge >= 0.3 is 11.9 Å². The van der Waals surface area contributed by atoms with Gasteiger partial charge < -0.3 is 20.1 Å². The first-order valence-electron chi connectivity index (χ1n) is 7.03. The minimum Gasteiger partial charge on any atom is -0.474 e. The van der Waals surface area contributed by atoms with Crippen molar-refractivity contribution >= 4 is 40.1 Å². The molecule has 0 saturated heterocycles. The molecule has 0 atom stereocenters.